The predicted molar refractivity (Wildman–Crippen MR) is 81.4 cm³/mol. The summed E-state index contributed by atoms with van der Waals surface area (Å²) in [7, 11) is 2.19. The molecule has 0 saturated carbocycles. The van der Waals surface area contributed by atoms with E-state index < -0.39 is 0 Å². The van der Waals surface area contributed by atoms with Crippen LogP contribution in [0.3, 0.4) is 0 Å². The summed E-state index contributed by atoms with van der Waals surface area (Å²) in [6, 6.07) is 8.80. The molecule has 0 spiro atoms. The van der Waals surface area contributed by atoms with Crippen LogP contribution in [0.15, 0.2) is 24.3 Å². The zero-order chi connectivity index (χ0) is 13.9. The van der Waals surface area contributed by atoms with Gasteiger partial charge in [0.2, 0.25) is 0 Å². The molecule has 3 nitrogen and oxygen atoms in total. The lowest BCUT2D eigenvalue weighted by Gasteiger charge is -2.45. The molecule has 0 aliphatic carbocycles. The van der Waals surface area contributed by atoms with E-state index in [2.05, 4.69) is 55.0 Å². The van der Waals surface area contributed by atoms with E-state index in [1.165, 1.54) is 11.1 Å². The molecule has 106 valence electrons. The zero-order valence-electron chi connectivity index (χ0n) is 12.5. The molecular weight excluding hydrogens is 234 g/mol. The van der Waals surface area contributed by atoms with Crippen LogP contribution in [0.2, 0.25) is 0 Å². The normalized spacial score (nSPS) is 21.3. The number of hydrogen-bond acceptors (Lipinski definition) is 3. The van der Waals surface area contributed by atoms with Crippen LogP contribution in [0.4, 0.5) is 0 Å². The molecule has 1 aromatic carbocycles. The van der Waals surface area contributed by atoms with Gasteiger partial charge in [0.1, 0.15) is 0 Å². The largest absolute Gasteiger partial charge is 0.329 e. The molecule has 1 atom stereocenters. The third-order valence-corrected chi connectivity index (χ3v) is 4.37. The summed E-state index contributed by atoms with van der Waals surface area (Å²) in [4.78, 5) is 4.95. The molecule has 3 heteroatoms. The van der Waals surface area contributed by atoms with Crippen LogP contribution >= 0.6 is 0 Å². The average molecular weight is 261 g/mol. The SMILES string of the molecule is Cc1cccc(CC(C)(CN)N2CCN(C)CC2)c1. The van der Waals surface area contributed by atoms with Gasteiger partial charge in [-0.2, -0.15) is 0 Å². The summed E-state index contributed by atoms with van der Waals surface area (Å²) >= 11 is 0. The van der Waals surface area contributed by atoms with Crippen LogP contribution in [0.5, 0.6) is 0 Å². The number of aryl methyl sites for hydroxylation is 1. The molecule has 2 rings (SSSR count). The standard InChI is InChI=1S/C16H27N3/c1-14-5-4-6-15(11-14)12-16(2,13-17)19-9-7-18(3)8-10-19/h4-6,11H,7-10,12-13,17H2,1-3H3. The Hall–Kier alpha value is -0.900. The van der Waals surface area contributed by atoms with Crippen molar-refractivity contribution >= 4 is 0 Å². The molecule has 19 heavy (non-hydrogen) atoms. The van der Waals surface area contributed by atoms with Crippen molar-refractivity contribution in [2.75, 3.05) is 39.8 Å². The van der Waals surface area contributed by atoms with E-state index in [-0.39, 0.29) is 5.54 Å². The van der Waals surface area contributed by atoms with Gasteiger partial charge in [0.15, 0.2) is 0 Å². The molecule has 2 N–H and O–H groups in total. The van der Waals surface area contributed by atoms with Crippen molar-refractivity contribution in [2.45, 2.75) is 25.8 Å². The van der Waals surface area contributed by atoms with Gasteiger partial charge in [-0.15, -0.1) is 0 Å². The summed E-state index contributed by atoms with van der Waals surface area (Å²) in [6.45, 7) is 9.70. The molecule has 1 fully saturated rings. The van der Waals surface area contributed by atoms with E-state index in [1.807, 2.05) is 0 Å². The van der Waals surface area contributed by atoms with Gasteiger partial charge in [-0.1, -0.05) is 29.8 Å². The first-order chi connectivity index (χ1) is 9.03. The van der Waals surface area contributed by atoms with Crippen LogP contribution in [-0.4, -0.2) is 55.1 Å². The summed E-state index contributed by atoms with van der Waals surface area (Å²) in [6.07, 6.45) is 1.04. The Bertz CT molecular complexity index is 410. The highest BCUT2D eigenvalue weighted by Crippen LogP contribution is 2.22. The molecule has 0 amide bonds. The molecule has 1 aliphatic heterocycles. The van der Waals surface area contributed by atoms with Crippen LogP contribution in [-0.2, 0) is 6.42 Å². The van der Waals surface area contributed by atoms with Gasteiger partial charge in [0.05, 0.1) is 0 Å². The first-order valence-corrected chi connectivity index (χ1v) is 7.23. The summed E-state index contributed by atoms with van der Waals surface area (Å²) in [5.74, 6) is 0. The van der Waals surface area contributed by atoms with Gasteiger partial charge in [0.25, 0.3) is 0 Å². The second-order valence-corrected chi connectivity index (χ2v) is 6.16. The fraction of sp³-hybridized carbons (Fsp3) is 0.625. The number of hydrogen-bond donors (Lipinski definition) is 1. The minimum atomic E-state index is 0.0784. The first kappa shape index (κ1) is 14.5. The zero-order valence-corrected chi connectivity index (χ0v) is 12.5. The molecule has 1 aromatic rings. The van der Waals surface area contributed by atoms with Gasteiger partial charge in [0, 0.05) is 38.3 Å². The minimum absolute atomic E-state index is 0.0784. The maximum atomic E-state index is 6.10. The van der Waals surface area contributed by atoms with Crippen molar-refractivity contribution in [1.29, 1.82) is 0 Å². The molecule has 0 aromatic heterocycles. The molecule has 0 radical (unpaired) electrons. The van der Waals surface area contributed by atoms with E-state index in [0.717, 1.165) is 32.6 Å². The smallest absolute Gasteiger partial charge is 0.0344 e. The van der Waals surface area contributed by atoms with Crippen molar-refractivity contribution in [1.82, 2.24) is 9.80 Å². The van der Waals surface area contributed by atoms with Gasteiger partial charge in [-0.25, -0.2) is 0 Å². The molecule has 1 aliphatic rings. The van der Waals surface area contributed by atoms with Crippen molar-refractivity contribution in [3.05, 3.63) is 35.4 Å². The third kappa shape index (κ3) is 3.56. The Morgan fingerprint density at radius 1 is 1.21 bits per heavy atom. The third-order valence-electron chi connectivity index (χ3n) is 4.37. The molecule has 1 unspecified atom stereocenters. The molecule has 1 heterocycles. The Kier molecular flexibility index (Phi) is 4.61. The number of rotatable bonds is 4. The van der Waals surface area contributed by atoms with Gasteiger partial charge in [-0.05, 0) is 32.9 Å². The topological polar surface area (TPSA) is 32.5 Å². The minimum Gasteiger partial charge on any atom is -0.329 e. The van der Waals surface area contributed by atoms with Crippen LogP contribution in [0, 0.1) is 6.92 Å². The highest BCUT2D eigenvalue weighted by Gasteiger charge is 2.32. The highest BCUT2D eigenvalue weighted by atomic mass is 15.3. The Morgan fingerprint density at radius 3 is 2.47 bits per heavy atom. The number of piperazine rings is 1. The van der Waals surface area contributed by atoms with Crippen molar-refractivity contribution in [3.8, 4) is 0 Å². The Morgan fingerprint density at radius 2 is 1.89 bits per heavy atom. The second kappa shape index (κ2) is 6.04. The fourth-order valence-electron chi connectivity index (χ4n) is 2.92. The maximum absolute atomic E-state index is 6.10. The van der Waals surface area contributed by atoms with E-state index in [4.69, 9.17) is 5.73 Å². The summed E-state index contributed by atoms with van der Waals surface area (Å²) in [5.41, 5.74) is 8.91. The Balaban J connectivity index is 2.09. The van der Waals surface area contributed by atoms with Crippen molar-refractivity contribution in [2.24, 2.45) is 5.73 Å². The Labute approximate surface area is 117 Å². The second-order valence-electron chi connectivity index (χ2n) is 6.16. The van der Waals surface area contributed by atoms with Crippen LogP contribution in [0.25, 0.3) is 0 Å². The summed E-state index contributed by atoms with van der Waals surface area (Å²) in [5, 5.41) is 0. The van der Waals surface area contributed by atoms with Crippen molar-refractivity contribution in [3.63, 3.8) is 0 Å². The first-order valence-electron chi connectivity index (χ1n) is 7.23. The quantitative estimate of drug-likeness (QED) is 0.891. The van der Waals surface area contributed by atoms with E-state index in [0.29, 0.717) is 6.54 Å². The molecule has 0 bridgehead atoms. The molecule has 1 saturated heterocycles. The lowest BCUT2D eigenvalue weighted by atomic mass is 9.89. The number of nitrogens with zero attached hydrogens (tertiary/aromatic N) is 2. The van der Waals surface area contributed by atoms with Gasteiger partial charge < -0.3 is 10.6 Å². The molecular formula is C16H27N3. The van der Waals surface area contributed by atoms with E-state index >= 15 is 0 Å². The summed E-state index contributed by atoms with van der Waals surface area (Å²) < 4.78 is 0. The maximum Gasteiger partial charge on any atom is 0.0344 e. The van der Waals surface area contributed by atoms with Crippen molar-refractivity contribution < 1.29 is 0 Å². The van der Waals surface area contributed by atoms with Gasteiger partial charge >= 0.3 is 0 Å². The fourth-order valence-corrected chi connectivity index (χ4v) is 2.92. The van der Waals surface area contributed by atoms with E-state index in [1.54, 1.807) is 0 Å². The highest BCUT2D eigenvalue weighted by molar-refractivity contribution is 5.24. The predicted octanol–water partition coefficient (Wildman–Crippen LogP) is 1.50. The average Bonchev–Trinajstić information content (AvgIpc) is 2.39. The van der Waals surface area contributed by atoms with Gasteiger partial charge in [-0.3, -0.25) is 4.90 Å². The number of likely N-dealkylation sites (N-methyl/N-ethyl adjacent to an activating group) is 1. The van der Waals surface area contributed by atoms with Crippen LogP contribution in [0.1, 0.15) is 18.1 Å². The number of benzene rings is 1. The monoisotopic (exact) mass is 261 g/mol. The lowest BCUT2D eigenvalue weighted by molar-refractivity contribution is 0.0559. The van der Waals surface area contributed by atoms with E-state index in [9.17, 15) is 0 Å². The number of nitrogens with two attached hydrogens (primary N) is 1. The lowest BCUT2D eigenvalue weighted by Crippen LogP contribution is -2.59. The van der Waals surface area contributed by atoms with Crippen LogP contribution < -0.4 is 5.73 Å².